The number of carbonyl (C=O) groups is 1. The van der Waals surface area contributed by atoms with E-state index in [-0.39, 0.29) is 16.1 Å². The lowest BCUT2D eigenvalue weighted by atomic mass is 10.0. The van der Waals surface area contributed by atoms with E-state index in [1.165, 1.54) is 42.6 Å². The minimum Gasteiger partial charge on any atom is -0.480 e. The summed E-state index contributed by atoms with van der Waals surface area (Å²) < 4.78 is 22.9. The molecule has 142 valence electrons. The number of aliphatic carboxylic acids is 1. The van der Waals surface area contributed by atoms with Gasteiger partial charge in [-0.1, -0.05) is 12.1 Å². The van der Waals surface area contributed by atoms with Gasteiger partial charge in [0.2, 0.25) is 0 Å². The van der Waals surface area contributed by atoms with Gasteiger partial charge in [0.1, 0.15) is 6.10 Å². The number of sulfone groups is 1. The minimum atomic E-state index is -3.35. The lowest BCUT2D eigenvalue weighted by Gasteiger charge is -2.15. The average Bonchev–Trinajstić information content (AvgIpc) is 2.61. The summed E-state index contributed by atoms with van der Waals surface area (Å²) in [5.41, 5.74) is 0.425. The van der Waals surface area contributed by atoms with Gasteiger partial charge in [0.05, 0.1) is 9.82 Å². The number of nitro benzene ring substituents is 1. The number of aliphatic imine (C=N–C) groups is 1. The van der Waals surface area contributed by atoms with E-state index in [2.05, 4.69) is 4.99 Å². The fraction of sp³-hybridized carbons (Fsp3) is 0.176. The van der Waals surface area contributed by atoms with Crippen molar-refractivity contribution in [1.82, 2.24) is 0 Å². The lowest BCUT2D eigenvalue weighted by Crippen LogP contribution is -2.26. The van der Waals surface area contributed by atoms with E-state index in [4.69, 9.17) is 0 Å². The van der Waals surface area contributed by atoms with Gasteiger partial charge in [-0.25, -0.2) is 13.2 Å². The summed E-state index contributed by atoms with van der Waals surface area (Å²) in [5, 5.41) is 30.2. The first-order valence-corrected chi connectivity index (χ1v) is 9.47. The van der Waals surface area contributed by atoms with Crippen LogP contribution in [0.2, 0.25) is 0 Å². The first-order valence-electron chi connectivity index (χ1n) is 7.58. The maximum Gasteiger partial charge on any atom is 0.331 e. The van der Waals surface area contributed by atoms with E-state index in [1.807, 2.05) is 0 Å². The molecule has 0 radical (unpaired) electrons. The highest BCUT2D eigenvalue weighted by molar-refractivity contribution is 7.90. The zero-order chi connectivity index (χ0) is 20.2. The Kier molecular flexibility index (Phi) is 6.03. The summed E-state index contributed by atoms with van der Waals surface area (Å²) in [6, 6.07) is 8.92. The van der Waals surface area contributed by atoms with E-state index in [0.29, 0.717) is 5.56 Å². The van der Waals surface area contributed by atoms with Crippen molar-refractivity contribution in [1.29, 1.82) is 0 Å². The number of hydrogen-bond donors (Lipinski definition) is 2. The zero-order valence-corrected chi connectivity index (χ0v) is 14.9. The molecule has 10 heteroatoms. The Balaban J connectivity index is 2.22. The van der Waals surface area contributed by atoms with Crippen LogP contribution in [0.4, 0.5) is 5.69 Å². The molecule has 2 atom stereocenters. The number of carboxylic acids is 1. The first kappa shape index (κ1) is 20.2. The molecule has 2 aromatic carbocycles. The number of aliphatic hydroxyl groups excluding tert-OH is 1. The number of benzene rings is 2. The smallest absolute Gasteiger partial charge is 0.331 e. The molecule has 2 rings (SSSR count). The van der Waals surface area contributed by atoms with E-state index in [9.17, 15) is 33.5 Å². The quantitative estimate of drug-likeness (QED) is 0.413. The summed E-state index contributed by atoms with van der Waals surface area (Å²) in [6.45, 7) is 0. The lowest BCUT2D eigenvalue weighted by molar-refractivity contribution is -0.384. The standard InChI is InChI=1S/C17H16N2O7S/c1-27(25,26)14-8-2-11(3-9-14)10-18-15(17(21)22)16(20)12-4-6-13(7-5-12)19(23)24/h2-10,15-16,20H,1H3,(H,21,22)/t15-,16+/m0/s1. The predicted molar refractivity (Wildman–Crippen MR) is 96.6 cm³/mol. The molecule has 0 bridgehead atoms. The predicted octanol–water partition coefficient (Wildman–Crippen LogP) is 1.60. The van der Waals surface area contributed by atoms with E-state index in [1.54, 1.807) is 0 Å². The third kappa shape index (κ3) is 5.19. The molecule has 0 aromatic heterocycles. The Labute approximate surface area is 154 Å². The Morgan fingerprint density at radius 2 is 1.70 bits per heavy atom. The van der Waals surface area contributed by atoms with Gasteiger partial charge < -0.3 is 10.2 Å². The molecule has 0 fully saturated rings. The van der Waals surface area contributed by atoms with Crippen LogP contribution < -0.4 is 0 Å². The molecule has 0 heterocycles. The Hall–Kier alpha value is -3.11. The van der Waals surface area contributed by atoms with Crippen molar-refractivity contribution in [3.63, 3.8) is 0 Å². The Bertz CT molecular complexity index is 967. The number of nitro groups is 1. The van der Waals surface area contributed by atoms with E-state index >= 15 is 0 Å². The molecule has 0 aliphatic heterocycles. The number of hydrogen-bond acceptors (Lipinski definition) is 7. The number of non-ortho nitro benzene ring substituents is 1. The van der Waals surface area contributed by atoms with Crippen LogP contribution in [0.1, 0.15) is 17.2 Å². The third-order valence-corrected chi connectivity index (χ3v) is 4.82. The summed E-state index contributed by atoms with van der Waals surface area (Å²) in [5.74, 6) is -1.38. The molecular weight excluding hydrogens is 376 g/mol. The molecule has 0 unspecified atom stereocenters. The van der Waals surface area contributed by atoms with Crippen molar-refractivity contribution < 1.29 is 28.3 Å². The van der Waals surface area contributed by atoms with Crippen LogP contribution in [0.15, 0.2) is 58.4 Å². The van der Waals surface area contributed by atoms with E-state index < -0.39 is 32.9 Å². The molecule has 0 aliphatic carbocycles. The van der Waals surface area contributed by atoms with E-state index in [0.717, 1.165) is 18.4 Å². The Morgan fingerprint density at radius 3 is 2.15 bits per heavy atom. The van der Waals surface area contributed by atoms with Gasteiger partial charge in [0.15, 0.2) is 15.9 Å². The van der Waals surface area contributed by atoms with Crippen molar-refractivity contribution in [3.05, 3.63) is 69.8 Å². The number of carboxylic acid groups (broad SMARTS) is 1. The zero-order valence-electron chi connectivity index (χ0n) is 14.1. The first-order chi connectivity index (χ1) is 12.6. The summed E-state index contributed by atoms with van der Waals surface area (Å²) in [4.78, 5) is 25.5. The van der Waals surface area contributed by atoms with Gasteiger partial charge >= 0.3 is 5.97 Å². The van der Waals surface area contributed by atoms with Crippen LogP contribution in [0, 0.1) is 10.1 Å². The largest absolute Gasteiger partial charge is 0.480 e. The highest BCUT2D eigenvalue weighted by Gasteiger charge is 2.27. The molecule has 0 aliphatic rings. The number of rotatable bonds is 7. The topological polar surface area (TPSA) is 147 Å². The summed E-state index contributed by atoms with van der Waals surface area (Å²) in [6.07, 6.45) is 0.756. The Morgan fingerprint density at radius 1 is 1.15 bits per heavy atom. The molecular formula is C17H16N2O7S. The van der Waals surface area contributed by atoms with Gasteiger partial charge in [-0.05, 0) is 35.4 Å². The van der Waals surface area contributed by atoms with Gasteiger partial charge in [-0.3, -0.25) is 15.1 Å². The highest BCUT2D eigenvalue weighted by atomic mass is 32.2. The minimum absolute atomic E-state index is 0.111. The van der Waals surface area contributed by atoms with Crippen LogP contribution in [0.5, 0.6) is 0 Å². The number of aliphatic hydroxyl groups is 1. The van der Waals surface area contributed by atoms with Crippen molar-refractivity contribution in [3.8, 4) is 0 Å². The molecule has 0 spiro atoms. The molecule has 27 heavy (non-hydrogen) atoms. The van der Waals surface area contributed by atoms with Crippen LogP contribution in [-0.2, 0) is 14.6 Å². The normalized spacial score (nSPS) is 14.0. The fourth-order valence-corrected chi connectivity index (χ4v) is 2.85. The van der Waals surface area contributed by atoms with Crippen LogP contribution in [0.25, 0.3) is 0 Å². The van der Waals surface area contributed by atoms with Crippen LogP contribution >= 0.6 is 0 Å². The van der Waals surface area contributed by atoms with Crippen molar-refractivity contribution >= 4 is 27.7 Å². The summed E-state index contributed by atoms with van der Waals surface area (Å²) >= 11 is 0. The van der Waals surface area contributed by atoms with Crippen molar-refractivity contribution in [2.24, 2.45) is 4.99 Å². The second kappa shape index (κ2) is 8.06. The molecule has 2 N–H and O–H groups in total. The average molecular weight is 392 g/mol. The van der Waals surface area contributed by atoms with Crippen molar-refractivity contribution in [2.45, 2.75) is 17.0 Å². The summed E-state index contributed by atoms with van der Waals surface area (Å²) in [7, 11) is -3.35. The van der Waals surface area contributed by atoms with Crippen LogP contribution in [0.3, 0.4) is 0 Å². The maximum absolute atomic E-state index is 11.4. The van der Waals surface area contributed by atoms with Crippen molar-refractivity contribution in [2.75, 3.05) is 6.26 Å². The second-order valence-electron chi connectivity index (χ2n) is 5.70. The van der Waals surface area contributed by atoms with Gasteiger partial charge in [-0.2, -0.15) is 0 Å². The maximum atomic E-state index is 11.4. The van der Waals surface area contributed by atoms with Gasteiger partial charge in [0, 0.05) is 24.6 Å². The molecule has 0 amide bonds. The SMILES string of the molecule is CS(=O)(=O)c1ccc(C=N[C@H](C(=O)O)[C@H](O)c2ccc([N+](=O)[O-])cc2)cc1. The second-order valence-corrected chi connectivity index (χ2v) is 7.71. The number of nitrogens with zero attached hydrogens (tertiary/aromatic N) is 2. The molecule has 0 saturated carbocycles. The molecule has 2 aromatic rings. The fourth-order valence-electron chi connectivity index (χ4n) is 2.22. The highest BCUT2D eigenvalue weighted by Crippen LogP contribution is 2.22. The van der Waals surface area contributed by atoms with Gasteiger partial charge in [-0.15, -0.1) is 0 Å². The molecule has 9 nitrogen and oxygen atoms in total. The third-order valence-electron chi connectivity index (χ3n) is 3.69. The van der Waals surface area contributed by atoms with Gasteiger partial charge in [0.25, 0.3) is 5.69 Å². The molecule has 0 saturated heterocycles. The monoisotopic (exact) mass is 392 g/mol. The van der Waals surface area contributed by atoms with Crippen LogP contribution in [-0.4, -0.2) is 48.0 Å².